The predicted octanol–water partition coefficient (Wildman–Crippen LogP) is 0.505. The van der Waals surface area contributed by atoms with Crippen LogP contribution in [0.25, 0.3) is 0 Å². The number of aliphatic carboxylic acids is 2. The van der Waals surface area contributed by atoms with Crippen LogP contribution in [0.5, 0.6) is 0 Å². The number of aromatic nitrogens is 1. The molecule has 1 rings (SSSR count). The third-order valence-electron chi connectivity index (χ3n) is 1.70. The number of carboxylic acids is 2. The summed E-state index contributed by atoms with van der Waals surface area (Å²) < 4.78 is 0. The first-order valence-corrected chi connectivity index (χ1v) is 6.27. The number of aliphatic hydroxyl groups is 1. The Labute approximate surface area is 109 Å². The largest absolute Gasteiger partial charge is 0.473 e. The van der Waals surface area contributed by atoms with E-state index in [1.54, 1.807) is 11.8 Å². The maximum atomic E-state index is 9.10. The highest BCUT2D eigenvalue weighted by molar-refractivity contribution is 7.99. The Morgan fingerprint density at radius 3 is 2.11 bits per heavy atom. The molecule has 6 nitrogen and oxygen atoms in total. The van der Waals surface area contributed by atoms with Crippen molar-refractivity contribution in [2.24, 2.45) is 0 Å². The fraction of sp³-hybridized carbons (Fsp3) is 0.364. The average Bonchev–Trinajstić information content (AvgIpc) is 2.36. The Hall–Kier alpha value is -1.60. The van der Waals surface area contributed by atoms with Gasteiger partial charge in [0.2, 0.25) is 0 Å². The van der Waals surface area contributed by atoms with E-state index >= 15 is 0 Å². The Balaban J connectivity index is 0.000000411. The molecule has 18 heavy (non-hydrogen) atoms. The summed E-state index contributed by atoms with van der Waals surface area (Å²) in [5, 5.41) is 23.3. The molecule has 0 aliphatic heterocycles. The third-order valence-corrected chi connectivity index (χ3v) is 2.67. The van der Waals surface area contributed by atoms with Crippen molar-refractivity contribution in [1.29, 1.82) is 0 Å². The fourth-order valence-corrected chi connectivity index (χ4v) is 1.62. The number of carboxylic acid groups (broad SMARTS) is 2. The molecule has 0 atom stereocenters. The van der Waals surface area contributed by atoms with E-state index in [2.05, 4.69) is 4.98 Å². The highest BCUT2D eigenvalue weighted by Gasteiger charge is 2.04. The van der Waals surface area contributed by atoms with Crippen LogP contribution in [0.15, 0.2) is 24.5 Å². The molecule has 1 aromatic rings. The second kappa shape index (κ2) is 10.5. The summed E-state index contributed by atoms with van der Waals surface area (Å²) in [4.78, 5) is 22.1. The van der Waals surface area contributed by atoms with Gasteiger partial charge in [-0.25, -0.2) is 9.59 Å². The fourth-order valence-electron chi connectivity index (χ4n) is 0.906. The highest BCUT2D eigenvalue weighted by Crippen LogP contribution is 2.04. The van der Waals surface area contributed by atoms with Crippen molar-refractivity contribution in [3.05, 3.63) is 30.1 Å². The summed E-state index contributed by atoms with van der Waals surface area (Å²) in [7, 11) is 0. The van der Waals surface area contributed by atoms with Crippen molar-refractivity contribution in [2.75, 3.05) is 18.1 Å². The van der Waals surface area contributed by atoms with E-state index in [4.69, 9.17) is 24.9 Å². The molecule has 1 aromatic heterocycles. The molecule has 7 heteroatoms. The summed E-state index contributed by atoms with van der Waals surface area (Å²) in [6, 6.07) is 4.05. The van der Waals surface area contributed by atoms with Gasteiger partial charge in [-0.15, -0.1) is 0 Å². The van der Waals surface area contributed by atoms with Gasteiger partial charge >= 0.3 is 11.9 Å². The number of pyridine rings is 1. The van der Waals surface area contributed by atoms with Crippen molar-refractivity contribution in [2.45, 2.75) is 6.42 Å². The summed E-state index contributed by atoms with van der Waals surface area (Å²) in [5.41, 5.74) is 1.32. The normalized spacial score (nSPS) is 9.17. The number of nitrogens with zero attached hydrogens (tertiary/aromatic N) is 1. The molecule has 0 aromatic carbocycles. The molecule has 0 aliphatic carbocycles. The van der Waals surface area contributed by atoms with Gasteiger partial charge in [-0.3, -0.25) is 4.98 Å². The summed E-state index contributed by atoms with van der Waals surface area (Å²) >= 11 is 1.78. The van der Waals surface area contributed by atoms with Gasteiger partial charge in [0.05, 0.1) is 6.61 Å². The Bertz CT molecular complexity index is 346. The standard InChI is InChI=1S/C9H13NOS.C2H2O4/c11-6-8-12-7-3-9-1-4-10-5-2-9;3-1(4)2(5)6/h1-2,4-5,11H,3,6-8H2;(H,3,4)(H,5,6). The van der Waals surface area contributed by atoms with Crippen LogP contribution in [0.2, 0.25) is 0 Å². The smallest absolute Gasteiger partial charge is 0.414 e. The van der Waals surface area contributed by atoms with Gasteiger partial charge in [0.1, 0.15) is 0 Å². The Morgan fingerprint density at radius 1 is 1.11 bits per heavy atom. The minimum Gasteiger partial charge on any atom is -0.473 e. The molecule has 100 valence electrons. The predicted molar refractivity (Wildman–Crippen MR) is 67.6 cm³/mol. The summed E-state index contributed by atoms with van der Waals surface area (Å²) in [5.74, 6) is -1.74. The molecule has 0 unspecified atom stereocenters. The van der Waals surface area contributed by atoms with Crippen LogP contribution < -0.4 is 0 Å². The lowest BCUT2D eigenvalue weighted by molar-refractivity contribution is -0.159. The van der Waals surface area contributed by atoms with Crippen LogP contribution in [0, 0.1) is 0 Å². The van der Waals surface area contributed by atoms with E-state index in [1.807, 2.05) is 24.5 Å². The number of hydrogen-bond acceptors (Lipinski definition) is 5. The second-order valence-electron chi connectivity index (χ2n) is 3.05. The summed E-state index contributed by atoms with van der Waals surface area (Å²) in [6.45, 7) is 0.279. The maximum Gasteiger partial charge on any atom is 0.414 e. The minimum absolute atomic E-state index is 0.279. The molecule has 3 N–H and O–H groups in total. The molecule has 0 saturated carbocycles. The zero-order chi connectivity index (χ0) is 13.8. The van der Waals surface area contributed by atoms with Crippen molar-refractivity contribution in [1.82, 2.24) is 4.98 Å². The van der Waals surface area contributed by atoms with Gasteiger partial charge in [-0.05, 0) is 29.9 Å². The quantitative estimate of drug-likeness (QED) is 0.529. The number of carbonyl (C=O) groups is 2. The Kier molecular flexibility index (Phi) is 9.61. The monoisotopic (exact) mass is 273 g/mol. The van der Waals surface area contributed by atoms with Crippen molar-refractivity contribution in [3.63, 3.8) is 0 Å². The van der Waals surface area contributed by atoms with Crippen molar-refractivity contribution < 1.29 is 24.9 Å². The first-order valence-electron chi connectivity index (χ1n) is 5.11. The lowest BCUT2D eigenvalue weighted by Crippen LogP contribution is -2.09. The van der Waals surface area contributed by atoms with Crippen LogP contribution in [0.1, 0.15) is 5.56 Å². The van der Waals surface area contributed by atoms with Gasteiger partial charge < -0.3 is 15.3 Å². The second-order valence-corrected chi connectivity index (χ2v) is 4.28. The lowest BCUT2D eigenvalue weighted by Gasteiger charge is -1.99. The highest BCUT2D eigenvalue weighted by atomic mass is 32.2. The van der Waals surface area contributed by atoms with E-state index in [0.717, 1.165) is 17.9 Å². The van der Waals surface area contributed by atoms with Gasteiger partial charge in [0.15, 0.2) is 0 Å². The maximum absolute atomic E-state index is 9.10. The van der Waals surface area contributed by atoms with E-state index in [0.29, 0.717) is 0 Å². The third kappa shape index (κ3) is 9.61. The lowest BCUT2D eigenvalue weighted by atomic mass is 10.2. The van der Waals surface area contributed by atoms with Crippen LogP contribution in [0.3, 0.4) is 0 Å². The molecule has 0 aliphatic rings. The van der Waals surface area contributed by atoms with Crippen LogP contribution in [0.4, 0.5) is 0 Å². The molecular formula is C11H15NO5S. The van der Waals surface area contributed by atoms with Gasteiger partial charge in [-0.1, -0.05) is 0 Å². The Morgan fingerprint density at radius 2 is 1.67 bits per heavy atom. The number of thioether (sulfide) groups is 1. The average molecular weight is 273 g/mol. The molecular weight excluding hydrogens is 258 g/mol. The molecule has 0 amide bonds. The van der Waals surface area contributed by atoms with Gasteiger partial charge in [0, 0.05) is 18.1 Å². The van der Waals surface area contributed by atoms with E-state index in [-0.39, 0.29) is 6.61 Å². The first kappa shape index (κ1) is 16.4. The number of aryl methyl sites for hydroxylation is 1. The SMILES string of the molecule is O=C(O)C(=O)O.OCCSCCc1ccncc1. The zero-order valence-corrected chi connectivity index (χ0v) is 10.5. The van der Waals surface area contributed by atoms with E-state index in [9.17, 15) is 0 Å². The van der Waals surface area contributed by atoms with E-state index in [1.165, 1.54) is 5.56 Å². The molecule has 0 saturated heterocycles. The van der Waals surface area contributed by atoms with Crippen LogP contribution >= 0.6 is 11.8 Å². The van der Waals surface area contributed by atoms with E-state index < -0.39 is 11.9 Å². The minimum atomic E-state index is -1.82. The molecule has 1 heterocycles. The topological polar surface area (TPSA) is 108 Å². The molecule has 0 fully saturated rings. The van der Waals surface area contributed by atoms with Crippen LogP contribution in [-0.4, -0.2) is 50.4 Å². The zero-order valence-electron chi connectivity index (χ0n) is 9.65. The van der Waals surface area contributed by atoms with Crippen molar-refractivity contribution in [3.8, 4) is 0 Å². The van der Waals surface area contributed by atoms with Gasteiger partial charge in [0.25, 0.3) is 0 Å². The molecule has 0 radical (unpaired) electrons. The molecule has 0 spiro atoms. The van der Waals surface area contributed by atoms with Gasteiger partial charge in [-0.2, -0.15) is 11.8 Å². The number of rotatable bonds is 5. The van der Waals surface area contributed by atoms with Crippen LogP contribution in [-0.2, 0) is 16.0 Å². The summed E-state index contributed by atoms with van der Waals surface area (Å²) in [6.07, 6.45) is 4.69. The number of aliphatic hydroxyl groups excluding tert-OH is 1. The first-order chi connectivity index (χ1) is 8.57. The molecule has 0 bridgehead atoms. The number of hydrogen-bond donors (Lipinski definition) is 3. The van der Waals surface area contributed by atoms with Crippen molar-refractivity contribution >= 4 is 23.7 Å².